The van der Waals surface area contributed by atoms with Crippen LogP contribution in [0.3, 0.4) is 0 Å². The van der Waals surface area contributed by atoms with Gasteiger partial charge in [-0.1, -0.05) is 6.42 Å². The Morgan fingerprint density at radius 3 is 2.46 bits per heavy atom. The molecule has 134 valence electrons. The second-order valence-electron chi connectivity index (χ2n) is 5.37. The number of hydrogen-bond donors (Lipinski definition) is 2. The second-order valence-corrected chi connectivity index (χ2v) is 5.37. The third-order valence-electron chi connectivity index (χ3n) is 3.29. The first kappa shape index (κ1) is 19.8. The van der Waals surface area contributed by atoms with Crippen molar-refractivity contribution in [3.63, 3.8) is 0 Å². The molecule has 0 atom stereocenters. The Hall–Kier alpha value is -2.24. The van der Waals surface area contributed by atoms with Crippen LogP contribution in [0, 0.1) is 0 Å². The quantitative estimate of drug-likeness (QED) is 0.609. The molecule has 0 heterocycles. The number of hydrogen-bond acceptors (Lipinski definition) is 4. The Balaban J connectivity index is 2.46. The van der Waals surface area contributed by atoms with Gasteiger partial charge in [0.1, 0.15) is 11.5 Å². The topological polar surface area (TPSA) is 76.7 Å². The first-order valence-electron chi connectivity index (χ1n) is 8.50. The van der Waals surface area contributed by atoms with Crippen LogP contribution in [-0.2, 0) is 9.59 Å². The molecule has 2 N–H and O–H groups in total. The van der Waals surface area contributed by atoms with Gasteiger partial charge in [-0.25, -0.2) is 0 Å². The molecule has 1 aromatic rings. The van der Waals surface area contributed by atoms with Gasteiger partial charge in [0.2, 0.25) is 11.8 Å². The van der Waals surface area contributed by atoms with E-state index in [9.17, 15) is 9.59 Å². The number of ether oxygens (including phenoxy) is 2. The van der Waals surface area contributed by atoms with E-state index in [1.165, 1.54) is 6.92 Å². The lowest BCUT2D eigenvalue weighted by molar-refractivity contribution is -0.119. The van der Waals surface area contributed by atoms with Crippen molar-refractivity contribution >= 4 is 17.5 Å². The molecular formula is C18H28N2O4. The fourth-order valence-corrected chi connectivity index (χ4v) is 2.21. The monoisotopic (exact) mass is 336 g/mol. The summed E-state index contributed by atoms with van der Waals surface area (Å²) in [6, 6.07) is 5.41. The van der Waals surface area contributed by atoms with Gasteiger partial charge in [-0.05, 0) is 38.8 Å². The van der Waals surface area contributed by atoms with E-state index in [0.29, 0.717) is 43.4 Å². The van der Waals surface area contributed by atoms with Gasteiger partial charge < -0.3 is 20.1 Å². The molecule has 0 saturated carbocycles. The highest BCUT2D eigenvalue weighted by atomic mass is 16.5. The zero-order valence-electron chi connectivity index (χ0n) is 14.8. The average molecular weight is 336 g/mol. The first-order valence-corrected chi connectivity index (χ1v) is 8.50. The lowest BCUT2D eigenvalue weighted by Crippen LogP contribution is -2.20. The molecule has 0 aromatic heterocycles. The predicted molar refractivity (Wildman–Crippen MR) is 94.6 cm³/mol. The molecule has 6 heteroatoms. The summed E-state index contributed by atoms with van der Waals surface area (Å²) in [6.45, 7) is 7.06. The molecule has 24 heavy (non-hydrogen) atoms. The molecule has 0 bridgehead atoms. The number of nitrogens with one attached hydrogen (secondary N) is 2. The molecule has 0 saturated heterocycles. The molecule has 2 amide bonds. The van der Waals surface area contributed by atoms with Gasteiger partial charge in [0.25, 0.3) is 0 Å². The van der Waals surface area contributed by atoms with Crippen LogP contribution in [0.4, 0.5) is 5.69 Å². The summed E-state index contributed by atoms with van der Waals surface area (Å²) in [4.78, 5) is 22.9. The van der Waals surface area contributed by atoms with E-state index < -0.39 is 0 Å². The summed E-state index contributed by atoms with van der Waals surface area (Å²) in [5.41, 5.74) is 0.631. The third kappa shape index (κ3) is 7.85. The van der Waals surface area contributed by atoms with Crippen LogP contribution >= 0.6 is 0 Å². The molecule has 0 aliphatic rings. The zero-order chi connectivity index (χ0) is 17.8. The average Bonchev–Trinajstić information content (AvgIpc) is 2.53. The Kier molecular flexibility index (Phi) is 9.34. The third-order valence-corrected chi connectivity index (χ3v) is 3.29. The van der Waals surface area contributed by atoms with Gasteiger partial charge in [0, 0.05) is 26.0 Å². The molecule has 6 nitrogen and oxygen atoms in total. The van der Waals surface area contributed by atoms with Crippen LogP contribution in [0.15, 0.2) is 18.2 Å². The predicted octanol–water partition coefficient (Wildman–Crippen LogP) is 3.12. The fourth-order valence-electron chi connectivity index (χ4n) is 2.21. The van der Waals surface area contributed by atoms with E-state index >= 15 is 0 Å². The largest absolute Gasteiger partial charge is 0.494 e. The van der Waals surface area contributed by atoms with E-state index in [1.54, 1.807) is 12.1 Å². The Bertz CT molecular complexity index is 532. The number of carbonyl (C=O) groups excluding carboxylic acids is 2. The fraction of sp³-hybridized carbons (Fsp3) is 0.556. The molecule has 0 aliphatic carbocycles. The van der Waals surface area contributed by atoms with Crippen molar-refractivity contribution in [1.82, 2.24) is 5.32 Å². The highest BCUT2D eigenvalue weighted by Gasteiger charge is 2.09. The van der Waals surface area contributed by atoms with Crippen molar-refractivity contribution in [2.45, 2.75) is 46.5 Å². The maximum absolute atomic E-state index is 12.1. The van der Waals surface area contributed by atoms with Crippen molar-refractivity contribution in [3.8, 4) is 11.5 Å². The highest BCUT2D eigenvalue weighted by Crippen LogP contribution is 2.29. The van der Waals surface area contributed by atoms with Crippen LogP contribution in [0.25, 0.3) is 0 Å². The minimum atomic E-state index is -0.0517. The van der Waals surface area contributed by atoms with Crippen LogP contribution in [0.5, 0.6) is 11.5 Å². The number of carbonyl (C=O) groups is 2. The van der Waals surface area contributed by atoms with E-state index in [1.807, 2.05) is 19.9 Å². The van der Waals surface area contributed by atoms with Gasteiger partial charge in [0.15, 0.2) is 0 Å². The molecule has 0 unspecified atom stereocenters. The van der Waals surface area contributed by atoms with Gasteiger partial charge in [-0.2, -0.15) is 0 Å². The minimum absolute atomic E-state index is 0.0228. The number of unbranched alkanes of at least 4 members (excludes halogenated alkanes) is 2. The number of anilines is 1. The van der Waals surface area contributed by atoms with E-state index in [4.69, 9.17) is 9.47 Å². The van der Waals surface area contributed by atoms with Crippen LogP contribution in [-0.4, -0.2) is 31.6 Å². The summed E-state index contributed by atoms with van der Waals surface area (Å²) in [5, 5.41) is 5.63. The number of amides is 2. The second kappa shape index (κ2) is 11.3. The Morgan fingerprint density at radius 1 is 1.04 bits per heavy atom. The Morgan fingerprint density at radius 2 is 1.79 bits per heavy atom. The molecule has 0 fully saturated rings. The van der Waals surface area contributed by atoms with Crippen molar-refractivity contribution in [2.24, 2.45) is 0 Å². The Labute approximate surface area is 143 Å². The molecule has 0 aliphatic heterocycles. The lowest BCUT2D eigenvalue weighted by atomic mass is 10.2. The molecule has 1 rings (SSSR count). The van der Waals surface area contributed by atoms with Crippen molar-refractivity contribution in [1.29, 1.82) is 0 Å². The van der Waals surface area contributed by atoms with Crippen molar-refractivity contribution in [3.05, 3.63) is 18.2 Å². The molecule has 0 radical (unpaired) electrons. The van der Waals surface area contributed by atoms with E-state index in [0.717, 1.165) is 19.3 Å². The number of benzene rings is 1. The van der Waals surface area contributed by atoms with Crippen molar-refractivity contribution < 1.29 is 19.1 Å². The van der Waals surface area contributed by atoms with E-state index in [2.05, 4.69) is 10.6 Å². The van der Waals surface area contributed by atoms with Gasteiger partial charge in [-0.3, -0.25) is 9.59 Å². The van der Waals surface area contributed by atoms with Gasteiger partial charge >= 0.3 is 0 Å². The standard InChI is InChI=1S/C18H28N2O4/c1-4-23-15-10-11-17(24-5-2)16(13-15)20-18(22)9-7-6-8-12-19-14(3)21/h10-11,13H,4-9,12H2,1-3H3,(H,19,21)(H,20,22). The first-order chi connectivity index (χ1) is 11.6. The summed E-state index contributed by atoms with van der Waals surface area (Å²) >= 11 is 0. The molecular weight excluding hydrogens is 308 g/mol. The summed E-state index contributed by atoms with van der Waals surface area (Å²) in [6.07, 6.45) is 2.98. The summed E-state index contributed by atoms with van der Waals surface area (Å²) in [5.74, 6) is 1.26. The molecule has 0 spiro atoms. The smallest absolute Gasteiger partial charge is 0.224 e. The summed E-state index contributed by atoms with van der Waals surface area (Å²) in [7, 11) is 0. The van der Waals surface area contributed by atoms with Crippen molar-refractivity contribution in [2.75, 3.05) is 25.1 Å². The van der Waals surface area contributed by atoms with Crippen LogP contribution < -0.4 is 20.1 Å². The highest BCUT2D eigenvalue weighted by molar-refractivity contribution is 5.92. The van der Waals surface area contributed by atoms with Crippen LogP contribution in [0.1, 0.15) is 46.5 Å². The maximum Gasteiger partial charge on any atom is 0.224 e. The summed E-state index contributed by atoms with van der Waals surface area (Å²) < 4.78 is 11.0. The zero-order valence-corrected chi connectivity index (χ0v) is 14.8. The maximum atomic E-state index is 12.1. The lowest BCUT2D eigenvalue weighted by Gasteiger charge is -2.13. The van der Waals surface area contributed by atoms with Gasteiger partial charge in [-0.15, -0.1) is 0 Å². The minimum Gasteiger partial charge on any atom is -0.494 e. The number of rotatable bonds is 11. The SMILES string of the molecule is CCOc1ccc(OCC)c(NC(=O)CCCCCNC(C)=O)c1. The molecule has 1 aromatic carbocycles. The van der Waals surface area contributed by atoms with Gasteiger partial charge in [0.05, 0.1) is 18.9 Å². The van der Waals surface area contributed by atoms with Crippen LogP contribution in [0.2, 0.25) is 0 Å². The van der Waals surface area contributed by atoms with E-state index in [-0.39, 0.29) is 11.8 Å². The normalized spacial score (nSPS) is 10.1.